The Morgan fingerprint density at radius 2 is 2.15 bits per heavy atom. The molecular formula is C15H20N4O. The molecule has 2 heterocycles. The molecule has 2 aromatic rings. The van der Waals surface area contributed by atoms with Gasteiger partial charge in [-0.3, -0.25) is 9.48 Å². The summed E-state index contributed by atoms with van der Waals surface area (Å²) in [5.41, 5.74) is 5.52. The number of aromatic nitrogens is 3. The maximum absolute atomic E-state index is 12.1. The second-order valence-electron chi connectivity index (χ2n) is 5.55. The molecule has 0 amide bonds. The van der Waals surface area contributed by atoms with Crippen LogP contribution in [0.25, 0.3) is 0 Å². The molecule has 1 aliphatic carbocycles. The molecule has 0 bridgehead atoms. The van der Waals surface area contributed by atoms with Crippen LogP contribution in [0.15, 0.2) is 17.1 Å². The van der Waals surface area contributed by atoms with Crippen molar-refractivity contribution in [3.05, 3.63) is 45.1 Å². The number of rotatable bonds is 3. The predicted molar refractivity (Wildman–Crippen MR) is 79.0 cm³/mol. The average Bonchev–Trinajstić information content (AvgIpc) is 2.93. The molecule has 106 valence electrons. The Bertz CT molecular complexity index is 711. The zero-order valence-corrected chi connectivity index (χ0v) is 12.2. The van der Waals surface area contributed by atoms with Gasteiger partial charge < -0.3 is 9.88 Å². The number of aryl methyl sites for hydroxylation is 4. The van der Waals surface area contributed by atoms with Crippen molar-refractivity contribution in [2.75, 3.05) is 5.32 Å². The van der Waals surface area contributed by atoms with Gasteiger partial charge in [0.1, 0.15) is 5.69 Å². The van der Waals surface area contributed by atoms with E-state index < -0.39 is 0 Å². The quantitative estimate of drug-likeness (QED) is 0.922. The zero-order chi connectivity index (χ0) is 14.3. The topological polar surface area (TPSA) is 51.9 Å². The molecule has 0 fully saturated rings. The van der Waals surface area contributed by atoms with Crippen LogP contribution in [-0.4, -0.2) is 14.3 Å². The van der Waals surface area contributed by atoms with Gasteiger partial charge in [0.2, 0.25) is 0 Å². The number of pyridine rings is 1. The maximum atomic E-state index is 12.1. The second-order valence-corrected chi connectivity index (χ2v) is 5.55. The van der Waals surface area contributed by atoms with Gasteiger partial charge in [0.25, 0.3) is 5.56 Å². The molecule has 20 heavy (non-hydrogen) atoms. The van der Waals surface area contributed by atoms with Crippen molar-refractivity contribution in [2.45, 2.75) is 32.7 Å². The summed E-state index contributed by atoms with van der Waals surface area (Å²) < 4.78 is 3.56. The van der Waals surface area contributed by atoms with Crippen molar-refractivity contribution in [2.24, 2.45) is 14.1 Å². The minimum absolute atomic E-state index is 0.00872. The van der Waals surface area contributed by atoms with Crippen LogP contribution in [0.2, 0.25) is 0 Å². The SMILES string of the molecule is Cc1cc(NCc2c3c(nn2C)CCC3)c(=O)n(C)c1. The normalized spacial score (nSPS) is 13.6. The predicted octanol–water partition coefficient (Wildman–Crippen LogP) is 1.53. The van der Waals surface area contributed by atoms with E-state index in [1.54, 1.807) is 11.6 Å². The fraction of sp³-hybridized carbons (Fsp3) is 0.467. The fourth-order valence-electron chi connectivity index (χ4n) is 2.99. The van der Waals surface area contributed by atoms with Gasteiger partial charge in [-0.15, -0.1) is 0 Å². The molecule has 0 spiro atoms. The van der Waals surface area contributed by atoms with Crippen LogP contribution in [0.1, 0.15) is 28.9 Å². The standard InChI is InChI=1S/C15H20N4O/c1-10-7-13(15(20)18(2)9-10)16-8-14-11-5-4-6-12(11)17-19(14)3/h7,9,16H,4-6,8H2,1-3H3. The first-order valence-electron chi connectivity index (χ1n) is 7.01. The van der Waals surface area contributed by atoms with Gasteiger partial charge in [0.15, 0.2) is 0 Å². The molecule has 1 aliphatic rings. The monoisotopic (exact) mass is 272 g/mol. The highest BCUT2D eigenvalue weighted by Gasteiger charge is 2.20. The van der Waals surface area contributed by atoms with Crippen molar-refractivity contribution in [1.82, 2.24) is 14.3 Å². The minimum Gasteiger partial charge on any atom is -0.375 e. The van der Waals surface area contributed by atoms with Crippen LogP contribution in [0.3, 0.4) is 0 Å². The van der Waals surface area contributed by atoms with Crippen LogP contribution in [0, 0.1) is 6.92 Å². The molecule has 0 saturated heterocycles. The van der Waals surface area contributed by atoms with E-state index in [-0.39, 0.29) is 5.56 Å². The summed E-state index contributed by atoms with van der Waals surface area (Å²) in [6.07, 6.45) is 5.22. The molecule has 2 aromatic heterocycles. The third-order valence-electron chi connectivity index (χ3n) is 3.96. The van der Waals surface area contributed by atoms with E-state index in [2.05, 4.69) is 10.4 Å². The smallest absolute Gasteiger partial charge is 0.273 e. The highest BCUT2D eigenvalue weighted by molar-refractivity contribution is 5.44. The highest BCUT2D eigenvalue weighted by atomic mass is 16.1. The molecule has 1 N–H and O–H groups in total. The summed E-state index contributed by atoms with van der Waals surface area (Å²) in [7, 11) is 3.76. The molecule has 0 radical (unpaired) electrons. The summed E-state index contributed by atoms with van der Waals surface area (Å²) in [4.78, 5) is 12.1. The van der Waals surface area contributed by atoms with E-state index in [4.69, 9.17) is 0 Å². The Labute approximate surface area is 118 Å². The third-order valence-corrected chi connectivity index (χ3v) is 3.96. The maximum Gasteiger partial charge on any atom is 0.273 e. The number of anilines is 1. The van der Waals surface area contributed by atoms with Crippen molar-refractivity contribution >= 4 is 5.69 Å². The first-order valence-corrected chi connectivity index (χ1v) is 7.01. The van der Waals surface area contributed by atoms with E-state index in [9.17, 15) is 4.79 Å². The van der Waals surface area contributed by atoms with Gasteiger partial charge >= 0.3 is 0 Å². The summed E-state index contributed by atoms with van der Waals surface area (Å²) in [6, 6.07) is 1.90. The molecule has 0 unspecified atom stereocenters. The van der Waals surface area contributed by atoms with Crippen LogP contribution in [-0.2, 0) is 33.5 Å². The fourth-order valence-corrected chi connectivity index (χ4v) is 2.99. The van der Waals surface area contributed by atoms with Crippen LogP contribution >= 0.6 is 0 Å². The molecule has 0 aliphatic heterocycles. The molecule has 5 nitrogen and oxygen atoms in total. The van der Waals surface area contributed by atoms with E-state index in [1.165, 1.54) is 23.4 Å². The van der Waals surface area contributed by atoms with E-state index in [0.717, 1.165) is 18.4 Å². The van der Waals surface area contributed by atoms with Gasteiger partial charge in [-0.2, -0.15) is 5.10 Å². The number of hydrogen-bond acceptors (Lipinski definition) is 3. The molecule has 0 aromatic carbocycles. The van der Waals surface area contributed by atoms with Crippen molar-refractivity contribution in [1.29, 1.82) is 0 Å². The van der Waals surface area contributed by atoms with Gasteiger partial charge in [-0.25, -0.2) is 0 Å². The van der Waals surface area contributed by atoms with E-state index in [0.29, 0.717) is 12.2 Å². The summed E-state index contributed by atoms with van der Waals surface area (Å²) in [5.74, 6) is 0. The Balaban J connectivity index is 1.86. The average molecular weight is 272 g/mol. The minimum atomic E-state index is 0.00872. The molecule has 0 saturated carbocycles. The zero-order valence-electron chi connectivity index (χ0n) is 12.2. The number of hydrogen-bond donors (Lipinski definition) is 1. The van der Waals surface area contributed by atoms with Crippen LogP contribution in [0.4, 0.5) is 5.69 Å². The van der Waals surface area contributed by atoms with Crippen molar-refractivity contribution in [3.63, 3.8) is 0 Å². The van der Waals surface area contributed by atoms with Crippen LogP contribution < -0.4 is 10.9 Å². The summed E-state index contributed by atoms with van der Waals surface area (Å²) >= 11 is 0. The molecule has 3 rings (SSSR count). The lowest BCUT2D eigenvalue weighted by molar-refractivity contribution is 0.687. The third kappa shape index (κ3) is 2.13. The highest BCUT2D eigenvalue weighted by Crippen LogP contribution is 2.24. The number of fused-ring (bicyclic) bond motifs is 1. The Morgan fingerprint density at radius 3 is 2.95 bits per heavy atom. The molecular weight excluding hydrogens is 252 g/mol. The van der Waals surface area contributed by atoms with Gasteiger partial charge in [0, 0.05) is 20.3 Å². The molecule has 0 atom stereocenters. The van der Waals surface area contributed by atoms with Gasteiger partial charge in [-0.05, 0) is 43.4 Å². The van der Waals surface area contributed by atoms with Gasteiger partial charge in [-0.1, -0.05) is 0 Å². The van der Waals surface area contributed by atoms with Crippen molar-refractivity contribution < 1.29 is 0 Å². The Kier molecular flexibility index (Phi) is 3.12. The Hall–Kier alpha value is -2.04. The Morgan fingerprint density at radius 1 is 1.35 bits per heavy atom. The van der Waals surface area contributed by atoms with Gasteiger partial charge in [0.05, 0.1) is 17.9 Å². The molecule has 5 heteroatoms. The van der Waals surface area contributed by atoms with Crippen LogP contribution in [0.5, 0.6) is 0 Å². The van der Waals surface area contributed by atoms with E-state index >= 15 is 0 Å². The second kappa shape index (κ2) is 4.81. The number of nitrogens with zero attached hydrogens (tertiary/aromatic N) is 3. The lowest BCUT2D eigenvalue weighted by atomic mass is 10.2. The lowest BCUT2D eigenvalue weighted by Crippen LogP contribution is -2.21. The first kappa shape index (κ1) is 13.0. The largest absolute Gasteiger partial charge is 0.375 e. The number of nitrogens with one attached hydrogen (secondary N) is 1. The first-order chi connectivity index (χ1) is 9.56. The van der Waals surface area contributed by atoms with E-state index in [1.807, 2.05) is 30.9 Å². The summed E-state index contributed by atoms with van der Waals surface area (Å²) in [5, 5.41) is 7.83. The summed E-state index contributed by atoms with van der Waals surface area (Å²) in [6.45, 7) is 2.64. The van der Waals surface area contributed by atoms with Crippen molar-refractivity contribution in [3.8, 4) is 0 Å². The lowest BCUT2D eigenvalue weighted by Gasteiger charge is -2.10.